The van der Waals surface area contributed by atoms with Crippen LogP contribution in [-0.4, -0.2) is 14.7 Å². The standard InChI is InChI=1S/C14H13FINO/c15-10-6-4-9(5-7-10)13-3-1-2-11-8-12(16)14(18)17(11)13/h2,4-7,12-13H,1,3,8H2/t12?,13-/m0/s1. The fourth-order valence-corrected chi connectivity index (χ4v) is 3.49. The molecule has 2 nitrogen and oxygen atoms in total. The molecule has 1 aromatic carbocycles. The Hall–Kier alpha value is -0.910. The molecule has 2 aliphatic heterocycles. The van der Waals surface area contributed by atoms with Crippen molar-refractivity contribution >= 4 is 28.5 Å². The molecule has 0 aromatic heterocycles. The maximum atomic E-state index is 13.0. The van der Waals surface area contributed by atoms with Crippen LogP contribution in [0.5, 0.6) is 0 Å². The van der Waals surface area contributed by atoms with E-state index in [1.54, 1.807) is 12.1 Å². The van der Waals surface area contributed by atoms with Crippen LogP contribution < -0.4 is 0 Å². The highest BCUT2D eigenvalue weighted by atomic mass is 127. The van der Waals surface area contributed by atoms with E-state index in [-0.39, 0.29) is 21.7 Å². The van der Waals surface area contributed by atoms with Gasteiger partial charge in [-0.15, -0.1) is 0 Å². The van der Waals surface area contributed by atoms with Crippen LogP contribution in [0.1, 0.15) is 30.9 Å². The Morgan fingerprint density at radius 1 is 1.28 bits per heavy atom. The molecule has 1 saturated heterocycles. The van der Waals surface area contributed by atoms with Crippen LogP contribution in [0.4, 0.5) is 4.39 Å². The topological polar surface area (TPSA) is 20.3 Å². The molecule has 1 unspecified atom stereocenters. The highest BCUT2D eigenvalue weighted by molar-refractivity contribution is 14.1. The van der Waals surface area contributed by atoms with Crippen molar-refractivity contribution in [3.05, 3.63) is 47.4 Å². The fourth-order valence-electron chi connectivity index (χ4n) is 2.73. The fraction of sp³-hybridized carbons (Fsp3) is 0.357. The molecule has 2 heterocycles. The number of carbonyl (C=O) groups excluding carboxylic acids is 1. The van der Waals surface area contributed by atoms with Crippen LogP contribution in [-0.2, 0) is 4.79 Å². The molecule has 0 aliphatic carbocycles. The zero-order valence-corrected chi connectivity index (χ0v) is 11.9. The van der Waals surface area contributed by atoms with Crippen molar-refractivity contribution in [1.82, 2.24) is 4.90 Å². The summed E-state index contributed by atoms with van der Waals surface area (Å²) >= 11 is 2.21. The largest absolute Gasteiger partial charge is 0.308 e. The lowest BCUT2D eigenvalue weighted by molar-refractivity contribution is -0.128. The summed E-state index contributed by atoms with van der Waals surface area (Å²) in [6.07, 6.45) is 4.91. The molecule has 18 heavy (non-hydrogen) atoms. The van der Waals surface area contributed by atoms with Gasteiger partial charge in [-0.3, -0.25) is 4.79 Å². The molecular formula is C14H13FINO. The van der Waals surface area contributed by atoms with Gasteiger partial charge in [-0.1, -0.05) is 40.8 Å². The quantitative estimate of drug-likeness (QED) is 0.556. The van der Waals surface area contributed by atoms with E-state index in [0.717, 1.165) is 30.5 Å². The second-order valence-electron chi connectivity index (χ2n) is 4.72. The Bertz CT molecular complexity index is 511. The lowest BCUT2D eigenvalue weighted by atomic mass is 9.97. The number of amides is 1. The van der Waals surface area contributed by atoms with E-state index in [4.69, 9.17) is 0 Å². The minimum atomic E-state index is -0.232. The summed E-state index contributed by atoms with van der Waals surface area (Å²) < 4.78 is 13.0. The van der Waals surface area contributed by atoms with Gasteiger partial charge < -0.3 is 4.90 Å². The van der Waals surface area contributed by atoms with Gasteiger partial charge >= 0.3 is 0 Å². The Morgan fingerprint density at radius 2 is 2.00 bits per heavy atom. The third kappa shape index (κ3) is 1.96. The van der Waals surface area contributed by atoms with E-state index in [1.807, 2.05) is 4.90 Å². The monoisotopic (exact) mass is 357 g/mol. The summed E-state index contributed by atoms with van der Waals surface area (Å²) in [6.45, 7) is 0. The number of benzene rings is 1. The van der Waals surface area contributed by atoms with Gasteiger partial charge in [0.1, 0.15) is 5.82 Å². The zero-order valence-electron chi connectivity index (χ0n) is 9.77. The first-order chi connectivity index (χ1) is 8.66. The first-order valence-corrected chi connectivity index (χ1v) is 7.33. The molecule has 0 N–H and O–H groups in total. The maximum Gasteiger partial charge on any atom is 0.240 e. The molecule has 1 aromatic rings. The van der Waals surface area contributed by atoms with Crippen LogP contribution in [0.15, 0.2) is 36.0 Å². The van der Waals surface area contributed by atoms with Crippen LogP contribution in [0, 0.1) is 5.82 Å². The minimum absolute atomic E-state index is 0.0508. The maximum absolute atomic E-state index is 13.0. The first-order valence-electron chi connectivity index (χ1n) is 6.08. The summed E-state index contributed by atoms with van der Waals surface area (Å²) in [6, 6.07) is 6.59. The Balaban J connectivity index is 1.96. The number of fused-ring (bicyclic) bond motifs is 1. The molecular weight excluding hydrogens is 344 g/mol. The lowest BCUT2D eigenvalue weighted by Gasteiger charge is -2.32. The smallest absolute Gasteiger partial charge is 0.240 e. The van der Waals surface area contributed by atoms with E-state index in [2.05, 4.69) is 28.7 Å². The predicted octanol–water partition coefficient (Wildman–Crippen LogP) is 3.58. The summed E-state index contributed by atoms with van der Waals surface area (Å²) in [5, 5.41) is 0. The Kier molecular flexibility index (Phi) is 3.13. The molecule has 4 heteroatoms. The highest BCUT2D eigenvalue weighted by Gasteiger charge is 2.40. The average molecular weight is 357 g/mol. The van der Waals surface area contributed by atoms with Gasteiger partial charge in [0.15, 0.2) is 0 Å². The van der Waals surface area contributed by atoms with Gasteiger partial charge in [0.05, 0.1) is 9.97 Å². The summed E-state index contributed by atoms with van der Waals surface area (Å²) in [5.74, 6) is -0.0410. The third-order valence-corrected chi connectivity index (χ3v) is 4.56. The van der Waals surface area contributed by atoms with E-state index < -0.39 is 0 Å². The number of rotatable bonds is 1. The van der Waals surface area contributed by atoms with Crippen molar-refractivity contribution in [2.45, 2.75) is 29.2 Å². The zero-order chi connectivity index (χ0) is 12.7. The third-order valence-electron chi connectivity index (χ3n) is 3.59. The lowest BCUT2D eigenvalue weighted by Crippen LogP contribution is -2.32. The molecule has 1 fully saturated rings. The second kappa shape index (κ2) is 4.64. The van der Waals surface area contributed by atoms with Crippen molar-refractivity contribution in [3.8, 4) is 0 Å². The summed E-state index contributed by atoms with van der Waals surface area (Å²) in [5.41, 5.74) is 2.17. The summed E-state index contributed by atoms with van der Waals surface area (Å²) in [7, 11) is 0. The molecule has 0 saturated carbocycles. The number of nitrogens with zero attached hydrogens (tertiary/aromatic N) is 1. The van der Waals surface area contributed by atoms with Gasteiger partial charge in [-0.25, -0.2) is 4.39 Å². The Morgan fingerprint density at radius 3 is 2.72 bits per heavy atom. The SMILES string of the molecule is O=C1C(I)CC2=CCC[C@@H](c3ccc(F)cc3)N12. The van der Waals surface area contributed by atoms with E-state index in [9.17, 15) is 9.18 Å². The van der Waals surface area contributed by atoms with Crippen LogP contribution >= 0.6 is 22.6 Å². The van der Waals surface area contributed by atoms with Crippen molar-refractivity contribution in [3.63, 3.8) is 0 Å². The van der Waals surface area contributed by atoms with Crippen molar-refractivity contribution < 1.29 is 9.18 Å². The van der Waals surface area contributed by atoms with Crippen LogP contribution in [0.3, 0.4) is 0 Å². The highest BCUT2D eigenvalue weighted by Crippen LogP contribution is 2.41. The van der Waals surface area contributed by atoms with Crippen molar-refractivity contribution in [2.24, 2.45) is 0 Å². The van der Waals surface area contributed by atoms with E-state index in [1.165, 1.54) is 12.1 Å². The number of halogens is 2. The predicted molar refractivity (Wildman–Crippen MR) is 75.7 cm³/mol. The van der Waals surface area contributed by atoms with Gasteiger partial charge in [-0.05, 0) is 30.5 Å². The molecule has 1 amide bonds. The van der Waals surface area contributed by atoms with Gasteiger partial charge in [0.2, 0.25) is 5.91 Å². The first kappa shape index (κ1) is 12.1. The molecule has 0 radical (unpaired) electrons. The van der Waals surface area contributed by atoms with Gasteiger partial charge in [-0.2, -0.15) is 0 Å². The minimum Gasteiger partial charge on any atom is -0.308 e. The Labute approximate surface area is 119 Å². The molecule has 0 bridgehead atoms. The molecule has 3 rings (SSSR count). The van der Waals surface area contributed by atoms with E-state index in [0.29, 0.717) is 0 Å². The molecule has 0 spiro atoms. The average Bonchev–Trinajstić information content (AvgIpc) is 2.66. The van der Waals surface area contributed by atoms with E-state index >= 15 is 0 Å². The molecule has 94 valence electrons. The number of allylic oxidation sites excluding steroid dienone is 2. The van der Waals surface area contributed by atoms with Crippen LogP contribution in [0.25, 0.3) is 0 Å². The van der Waals surface area contributed by atoms with Gasteiger partial charge in [0, 0.05) is 12.1 Å². The number of alkyl halides is 1. The van der Waals surface area contributed by atoms with Crippen LogP contribution in [0.2, 0.25) is 0 Å². The molecule has 2 aliphatic rings. The number of hydrogen-bond acceptors (Lipinski definition) is 1. The second-order valence-corrected chi connectivity index (χ2v) is 6.22. The number of hydrogen-bond donors (Lipinski definition) is 0. The molecule has 2 atom stereocenters. The normalized spacial score (nSPS) is 27.1. The number of carbonyl (C=O) groups is 1. The van der Waals surface area contributed by atoms with Crippen molar-refractivity contribution in [2.75, 3.05) is 0 Å². The summed E-state index contributed by atoms with van der Waals surface area (Å²) in [4.78, 5) is 14.1. The van der Waals surface area contributed by atoms with Gasteiger partial charge in [0.25, 0.3) is 0 Å². The van der Waals surface area contributed by atoms with Crippen molar-refractivity contribution in [1.29, 1.82) is 0 Å².